The number of hydrogen-bond donors (Lipinski definition) is 0. The molecule has 1 heterocycles. The zero-order valence-electron chi connectivity index (χ0n) is 13.9. The number of aromatic nitrogens is 1. The largest absolute Gasteiger partial charge is 0.465 e. The fraction of sp³-hybridized carbons (Fsp3) is 0.158. The molecule has 0 radical (unpaired) electrons. The predicted molar refractivity (Wildman–Crippen MR) is 94.7 cm³/mol. The van der Waals surface area contributed by atoms with Crippen LogP contribution in [0.5, 0.6) is 5.88 Å². The van der Waals surface area contributed by atoms with Gasteiger partial charge in [-0.3, -0.25) is 14.9 Å². The van der Waals surface area contributed by atoms with Gasteiger partial charge in [-0.05, 0) is 35.7 Å². The molecule has 3 aromatic rings. The molecule has 0 bridgehead atoms. The quantitative estimate of drug-likeness (QED) is 0.518. The van der Waals surface area contributed by atoms with Crippen molar-refractivity contribution in [2.24, 2.45) is 0 Å². The third kappa shape index (κ3) is 3.33. The van der Waals surface area contributed by atoms with Gasteiger partial charge in [-0.1, -0.05) is 36.4 Å². The molecule has 0 aliphatic rings. The summed E-state index contributed by atoms with van der Waals surface area (Å²) in [7, 11) is 0. The molecule has 0 atom stereocenters. The van der Waals surface area contributed by atoms with Gasteiger partial charge in [-0.2, -0.15) is 0 Å². The highest BCUT2D eigenvalue weighted by atomic mass is 16.6. The lowest BCUT2D eigenvalue weighted by Gasteiger charge is -2.10. The fourth-order valence-electron chi connectivity index (χ4n) is 2.70. The first kappa shape index (κ1) is 16.6. The van der Waals surface area contributed by atoms with Gasteiger partial charge in [-0.25, -0.2) is 4.98 Å². The van der Waals surface area contributed by atoms with Crippen LogP contribution in [-0.2, 0) is 4.79 Å². The zero-order chi connectivity index (χ0) is 18.0. The van der Waals surface area contributed by atoms with Crippen LogP contribution in [-0.4, -0.2) is 22.3 Å². The topological polar surface area (TPSA) is 82.3 Å². The zero-order valence-corrected chi connectivity index (χ0v) is 13.9. The molecule has 25 heavy (non-hydrogen) atoms. The number of aryl methyl sites for hydroxylation is 1. The summed E-state index contributed by atoms with van der Waals surface area (Å²) < 4.78 is 5.16. The van der Waals surface area contributed by atoms with E-state index in [-0.39, 0.29) is 24.0 Å². The Balaban J connectivity index is 2.13. The summed E-state index contributed by atoms with van der Waals surface area (Å²) in [5.74, 6) is -0.384. The Morgan fingerprint density at radius 2 is 1.92 bits per heavy atom. The van der Waals surface area contributed by atoms with Crippen LogP contribution in [0.3, 0.4) is 0 Å². The number of fused-ring (bicyclic) bond motifs is 1. The van der Waals surface area contributed by atoms with Crippen molar-refractivity contribution in [1.82, 2.24) is 4.98 Å². The Kier molecular flexibility index (Phi) is 4.43. The van der Waals surface area contributed by atoms with E-state index in [1.54, 1.807) is 0 Å². The number of pyridine rings is 1. The van der Waals surface area contributed by atoms with Crippen molar-refractivity contribution in [2.45, 2.75) is 13.8 Å². The number of ketones is 1. The highest BCUT2D eigenvalue weighted by Crippen LogP contribution is 2.34. The summed E-state index contributed by atoms with van der Waals surface area (Å²) in [6.07, 6.45) is 1.53. The van der Waals surface area contributed by atoms with E-state index in [2.05, 4.69) is 4.98 Å². The van der Waals surface area contributed by atoms with Crippen LogP contribution in [0, 0.1) is 17.0 Å². The molecule has 126 valence electrons. The highest BCUT2D eigenvalue weighted by molar-refractivity contribution is 5.98. The van der Waals surface area contributed by atoms with Crippen molar-refractivity contribution >= 4 is 22.2 Å². The average Bonchev–Trinajstić information content (AvgIpc) is 2.60. The summed E-state index contributed by atoms with van der Waals surface area (Å²) in [5, 5.41) is 13.4. The third-order valence-electron chi connectivity index (χ3n) is 3.89. The van der Waals surface area contributed by atoms with Crippen molar-refractivity contribution in [2.75, 3.05) is 6.61 Å². The van der Waals surface area contributed by atoms with E-state index >= 15 is 0 Å². The summed E-state index contributed by atoms with van der Waals surface area (Å²) in [6.45, 7) is 3.12. The molecule has 0 fully saturated rings. The van der Waals surface area contributed by atoms with E-state index in [9.17, 15) is 14.9 Å². The lowest BCUT2D eigenvalue weighted by atomic mass is 9.96. The van der Waals surface area contributed by atoms with Gasteiger partial charge in [-0.15, -0.1) is 0 Å². The number of Topliss-reactive ketones (excluding diaryl/α,β-unsaturated/α-hetero) is 1. The van der Waals surface area contributed by atoms with Crippen LogP contribution in [0.15, 0.2) is 48.7 Å². The molecular formula is C19H16N2O4. The maximum absolute atomic E-state index is 11.4. The standard InChI is InChI=1S/C19H16N2O4/c1-12-7-8-16(17-6-4-3-5-15(12)17)14-9-18(21(23)24)19(20-10-14)25-11-13(2)22/h3-10H,11H2,1-2H3. The van der Waals surface area contributed by atoms with Gasteiger partial charge in [0, 0.05) is 17.8 Å². The molecule has 0 saturated carbocycles. The summed E-state index contributed by atoms with van der Waals surface area (Å²) >= 11 is 0. The minimum absolute atomic E-state index is 0.152. The van der Waals surface area contributed by atoms with Crippen LogP contribution >= 0.6 is 0 Å². The van der Waals surface area contributed by atoms with E-state index in [1.807, 2.05) is 43.3 Å². The van der Waals surface area contributed by atoms with E-state index in [4.69, 9.17) is 4.74 Å². The minimum atomic E-state index is -0.553. The van der Waals surface area contributed by atoms with Crippen molar-refractivity contribution in [3.8, 4) is 17.0 Å². The Morgan fingerprint density at radius 1 is 1.20 bits per heavy atom. The van der Waals surface area contributed by atoms with E-state index in [0.717, 1.165) is 21.9 Å². The van der Waals surface area contributed by atoms with Crippen LogP contribution in [0.4, 0.5) is 5.69 Å². The van der Waals surface area contributed by atoms with Gasteiger partial charge in [0.05, 0.1) is 4.92 Å². The summed E-state index contributed by atoms with van der Waals surface area (Å²) in [4.78, 5) is 25.9. The van der Waals surface area contributed by atoms with Gasteiger partial charge in [0.1, 0.15) is 6.61 Å². The van der Waals surface area contributed by atoms with Crippen LogP contribution in [0.2, 0.25) is 0 Å². The van der Waals surface area contributed by atoms with Gasteiger partial charge >= 0.3 is 5.69 Å². The number of benzene rings is 2. The lowest BCUT2D eigenvalue weighted by molar-refractivity contribution is -0.386. The van der Waals surface area contributed by atoms with Gasteiger partial charge in [0.25, 0.3) is 5.88 Å². The van der Waals surface area contributed by atoms with E-state index in [1.165, 1.54) is 19.2 Å². The molecular weight excluding hydrogens is 320 g/mol. The number of carbonyl (C=O) groups is 1. The smallest absolute Gasteiger partial charge is 0.331 e. The maximum Gasteiger partial charge on any atom is 0.331 e. The van der Waals surface area contributed by atoms with Crippen molar-refractivity contribution in [3.63, 3.8) is 0 Å². The minimum Gasteiger partial charge on any atom is -0.465 e. The Bertz CT molecular complexity index is 982. The SMILES string of the molecule is CC(=O)COc1ncc(-c2ccc(C)c3ccccc23)cc1[N+](=O)[O-]. The Morgan fingerprint density at radius 3 is 2.60 bits per heavy atom. The highest BCUT2D eigenvalue weighted by Gasteiger charge is 2.20. The average molecular weight is 336 g/mol. The molecule has 6 nitrogen and oxygen atoms in total. The molecule has 2 aromatic carbocycles. The molecule has 0 aliphatic heterocycles. The number of nitro groups is 1. The van der Waals surface area contributed by atoms with Crippen LogP contribution < -0.4 is 4.74 Å². The number of hydrogen-bond acceptors (Lipinski definition) is 5. The second-order valence-electron chi connectivity index (χ2n) is 5.77. The predicted octanol–water partition coefficient (Wildman–Crippen LogP) is 4.09. The molecule has 0 amide bonds. The molecule has 0 unspecified atom stereocenters. The molecule has 0 aliphatic carbocycles. The Labute approximate surface area is 144 Å². The fourth-order valence-corrected chi connectivity index (χ4v) is 2.70. The second kappa shape index (κ2) is 6.68. The third-order valence-corrected chi connectivity index (χ3v) is 3.89. The molecule has 6 heteroatoms. The molecule has 0 N–H and O–H groups in total. The monoisotopic (exact) mass is 336 g/mol. The van der Waals surface area contributed by atoms with Crippen LogP contribution in [0.1, 0.15) is 12.5 Å². The second-order valence-corrected chi connectivity index (χ2v) is 5.77. The van der Waals surface area contributed by atoms with Crippen LogP contribution in [0.25, 0.3) is 21.9 Å². The number of ether oxygens (including phenoxy) is 1. The van der Waals surface area contributed by atoms with Crippen molar-refractivity contribution in [1.29, 1.82) is 0 Å². The molecule has 0 saturated heterocycles. The maximum atomic E-state index is 11.4. The van der Waals surface area contributed by atoms with Gasteiger partial charge < -0.3 is 4.74 Å². The van der Waals surface area contributed by atoms with E-state index in [0.29, 0.717) is 5.56 Å². The van der Waals surface area contributed by atoms with Gasteiger partial charge in [0.2, 0.25) is 0 Å². The first-order chi connectivity index (χ1) is 12.0. The van der Waals surface area contributed by atoms with Gasteiger partial charge in [0.15, 0.2) is 5.78 Å². The van der Waals surface area contributed by atoms with Crippen molar-refractivity contribution < 1.29 is 14.5 Å². The first-order valence-corrected chi connectivity index (χ1v) is 7.73. The van der Waals surface area contributed by atoms with Crippen molar-refractivity contribution in [3.05, 3.63) is 64.3 Å². The molecule has 3 rings (SSSR count). The first-order valence-electron chi connectivity index (χ1n) is 7.73. The normalized spacial score (nSPS) is 10.6. The number of rotatable bonds is 5. The number of carbonyl (C=O) groups excluding carboxylic acids is 1. The number of nitrogens with zero attached hydrogens (tertiary/aromatic N) is 2. The Hall–Kier alpha value is -3.28. The van der Waals surface area contributed by atoms with E-state index < -0.39 is 4.92 Å². The molecule has 1 aromatic heterocycles. The lowest BCUT2D eigenvalue weighted by Crippen LogP contribution is -2.09. The molecule has 0 spiro atoms. The summed E-state index contributed by atoms with van der Waals surface area (Å²) in [6, 6.07) is 13.2. The summed E-state index contributed by atoms with van der Waals surface area (Å²) in [5.41, 5.74) is 2.35.